The molecule has 1 aliphatic rings. The van der Waals surface area contributed by atoms with Crippen molar-refractivity contribution in [3.05, 3.63) is 29.3 Å². The van der Waals surface area contributed by atoms with Crippen molar-refractivity contribution in [3.63, 3.8) is 0 Å². The number of nitrogens with zero attached hydrogens (tertiary/aromatic N) is 1. The predicted octanol–water partition coefficient (Wildman–Crippen LogP) is 2.20. The maximum atomic E-state index is 11.2. The van der Waals surface area contributed by atoms with E-state index in [4.69, 9.17) is 18.0 Å². The number of rotatable bonds is 2. The van der Waals surface area contributed by atoms with Crippen LogP contribution in [-0.4, -0.2) is 29.0 Å². The molecule has 1 aromatic rings. The maximum Gasteiger partial charge on any atom is 0.220 e. The summed E-state index contributed by atoms with van der Waals surface area (Å²) in [6, 6.07) is 6.14. The molecule has 0 unspecified atom stereocenters. The molecule has 0 saturated carbocycles. The Morgan fingerprint density at radius 3 is 2.60 bits per heavy atom. The zero-order valence-corrected chi connectivity index (χ0v) is 12.8. The Bertz CT molecular complexity index is 522. The molecule has 3 N–H and O–H groups in total. The van der Waals surface area contributed by atoms with Crippen LogP contribution in [0.3, 0.4) is 0 Å². The van der Waals surface area contributed by atoms with Gasteiger partial charge in [0.15, 0.2) is 5.11 Å². The number of aryl methyl sites for hydroxylation is 1. The summed E-state index contributed by atoms with van der Waals surface area (Å²) >= 11 is 5.46. The number of benzene rings is 1. The molecule has 0 radical (unpaired) electrons. The van der Waals surface area contributed by atoms with E-state index < -0.39 is 0 Å². The van der Waals surface area contributed by atoms with E-state index in [2.05, 4.69) is 30.1 Å². The third kappa shape index (κ3) is 3.28. The number of hydrogen-bond donors (Lipinski definition) is 2. The number of thiocarbonyl (C=S) groups is 1. The molecule has 1 aromatic carbocycles. The van der Waals surface area contributed by atoms with Crippen LogP contribution >= 0.6 is 12.2 Å². The summed E-state index contributed by atoms with van der Waals surface area (Å²) in [6.07, 6.45) is 1.56. The van der Waals surface area contributed by atoms with Crippen LogP contribution in [0.2, 0.25) is 0 Å². The minimum absolute atomic E-state index is 0.00486. The number of amides is 1. The second kappa shape index (κ2) is 6.22. The Labute approximate surface area is 125 Å². The molecule has 1 amide bonds. The van der Waals surface area contributed by atoms with Crippen molar-refractivity contribution in [3.8, 4) is 0 Å². The van der Waals surface area contributed by atoms with E-state index in [1.807, 2.05) is 12.1 Å². The number of carbonyl (C=O) groups is 1. The zero-order valence-electron chi connectivity index (χ0n) is 12.0. The Kier molecular flexibility index (Phi) is 4.60. The molecule has 1 heterocycles. The molecule has 5 heteroatoms. The average molecular weight is 291 g/mol. The van der Waals surface area contributed by atoms with Gasteiger partial charge in [-0.3, -0.25) is 4.79 Å². The highest BCUT2D eigenvalue weighted by Crippen LogP contribution is 2.21. The predicted molar refractivity (Wildman–Crippen MR) is 85.6 cm³/mol. The first-order valence-corrected chi connectivity index (χ1v) is 7.31. The fraction of sp³-hybridized carbons (Fsp3) is 0.467. The molecule has 0 spiro atoms. The fourth-order valence-electron chi connectivity index (χ4n) is 2.45. The van der Waals surface area contributed by atoms with Gasteiger partial charge in [-0.25, -0.2) is 0 Å². The lowest BCUT2D eigenvalue weighted by atomic mass is 9.97. The number of nitrogens with two attached hydrogens (primary N) is 1. The van der Waals surface area contributed by atoms with Crippen molar-refractivity contribution < 1.29 is 4.79 Å². The highest BCUT2D eigenvalue weighted by molar-refractivity contribution is 7.80. The first-order chi connectivity index (χ1) is 9.49. The molecule has 4 nitrogen and oxygen atoms in total. The van der Waals surface area contributed by atoms with Crippen LogP contribution in [-0.2, 0) is 4.79 Å². The summed E-state index contributed by atoms with van der Waals surface area (Å²) < 4.78 is 0. The number of nitrogens with one attached hydrogen (secondary N) is 1. The molecule has 2 rings (SSSR count). The van der Waals surface area contributed by atoms with Crippen LogP contribution in [0.4, 0.5) is 5.69 Å². The molecule has 0 aromatic heterocycles. The van der Waals surface area contributed by atoms with Gasteiger partial charge in [0.1, 0.15) is 0 Å². The normalized spacial score (nSPS) is 16.0. The second-order valence-electron chi connectivity index (χ2n) is 5.34. The van der Waals surface area contributed by atoms with E-state index in [0.717, 1.165) is 36.7 Å². The van der Waals surface area contributed by atoms with E-state index in [9.17, 15) is 4.79 Å². The van der Waals surface area contributed by atoms with Crippen molar-refractivity contribution >= 4 is 28.9 Å². The van der Waals surface area contributed by atoms with E-state index in [1.54, 1.807) is 0 Å². The molecule has 1 aliphatic heterocycles. The standard InChI is InChI=1S/C15H21N3OS/c1-10-4-3-5-13(11(10)2)17-15(20)18-8-6-12(7-9-18)14(16)19/h3-5,12H,6-9H2,1-2H3,(H2,16,19)(H,17,20). The Balaban J connectivity index is 1.96. The summed E-state index contributed by atoms with van der Waals surface area (Å²) in [5.74, 6) is -0.201. The summed E-state index contributed by atoms with van der Waals surface area (Å²) in [5.41, 5.74) is 8.84. The Morgan fingerprint density at radius 1 is 1.35 bits per heavy atom. The number of anilines is 1. The molecular formula is C15H21N3OS. The van der Waals surface area contributed by atoms with Crippen LogP contribution in [0, 0.1) is 19.8 Å². The third-order valence-corrected chi connectivity index (χ3v) is 4.39. The van der Waals surface area contributed by atoms with E-state index >= 15 is 0 Å². The summed E-state index contributed by atoms with van der Waals surface area (Å²) in [4.78, 5) is 13.3. The van der Waals surface area contributed by atoms with E-state index in [1.165, 1.54) is 11.1 Å². The molecule has 20 heavy (non-hydrogen) atoms. The van der Waals surface area contributed by atoms with Gasteiger partial charge in [0.25, 0.3) is 0 Å². The van der Waals surface area contributed by atoms with Gasteiger partial charge >= 0.3 is 0 Å². The number of carbonyl (C=O) groups excluding carboxylic acids is 1. The summed E-state index contributed by atoms with van der Waals surface area (Å²) in [7, 11) is 0. The molecule has 108 valence electrons. The SMILES string of the molecule is Cc1cccc(NC(=S)N2CCC(C(N)=O)CC2)c1C. The van der Waals surface area contributed by atoms with Gasteiger partial charge in [0.2, 0.25) is 5.91 Å². The third-order valence-electron chi connectivity index (χ3n) is 4.03. The number of primary amides is 1. The lowest BCUT2D eigenvalue weighted by Gasteiger charge is -2.32. The monoisotopic (exact) mass is 291 g/mol. The summed E-state index contributed by atoms with van der Waals surface area (Å²) in [5, 5.41) is 4.03. The lowest BCUT2D eigenvalue weighted by molar-refractivity contribution is -0.122. The van der Waals surface area contributed by atoms with Crippen LogP contribution in [0.15, 0.2) is 18.2 Å². The van der Waals surface area contributed by atoms with Crippen LogP contribution in [0.1, 0.15) is 24.0 Å². The molecule has 0 aliphatic carbocycles. The highest BCUT2D eigenvalue weighted by Gasteiger charge is 2.24. The molecule has 1 saturated heterocycles. The van der Waals surface area contributed by atoms with Gasteiger partial charge in [-0.15, -0.1) is 0 Å². The van der Waals surface area contributed by atoms with Gasteiger partial charge in [-0.2, -0.15) is 0 Å². The van der Waals surface area contributed by atoms with Gasteiger partial charge in [-0.05, 0) is 56.1 Å². The van der Waals surface area contributed by atoms with Crippen molar-refractivity contribution in [2.45, 2.75) is 26.7 Å². The van der Waals surface area contributed by atoms with Crippen molar-refractivity contribution in [1.29, 1.82) is 0 Å². The topological polar surface area (TPSA) is 58.4 Å². The van der Waals surface area contributed by atoms with Crippen LogP contribution in [0.25, 0.3) is 0 Å². The Morgan fingerprint density at radius 2 is 2.00 bits per heavy atom. The van der Waals surface area contributed by atoms with Gasteiger partial charge < -0.3 is 16.0 Å². The van der Waals surface area contributed by atoms with Crippen molar-refractivity contribution in [2.24, 2.45) is 11.7 Å². The molecule has 0 bridgehead atoms. The zero-order chi connectivity index (χ0) is 14.7. The maximum absolute atomic E-state index is 11.2. The van der Waals surface area contributed by atoms with Gasteiger partial charge in [0.05, 0.1) is 0 Å². The highest BCUT2D eigenvalue weighted by atomic mass is 32.1. The largest absolute Gasteiger partial charge is 0.369 e. The Hall–Kier alpha value is -1.62. The van der Waals surface area contributed by atoms with Crippen LogP contribution in [0.5, 0.6) is 0 Å². The second-order valence-corrected chi connectivity index (χ2v) is 5.73. The number of hydrogen-bond acceptors (Lipinski definition) is 2. The first-order valence-electron chi connectivity index (χ1n) is 6.90. The van der Waals surface area contributed by atoms with Gasteiger partial charge in [-0.1, -0.05) is 12.1 Å². The average Bonchev–Trinajstić information content (AvgIpc) is 2.44. The van der Waals surface area contributed by atoms with Crippen molar-refractivity contribution in [1.82, 2.24) is 4.90 Å². The fourth-order valence-corrected chi connectivity index (χ4v) is 2.74. The quantitative estimate of drug-likeness (QED) is 0.820. The van der Waals surface area contributed by atoms with E-state index in [-0.39, 0.29) is 11.8 Å². The minimum Gasteiger partial charge on any atom is -0.369 e. The first kappa shape index (κ1) is 14.8. The lowest BCUT2D eigenvalue weighted by Crippen LogP contribution is -2.43. The van der Waals surface area contributed by atoms with Crippen LogP contribution < -0.4 is 11.1 Å². The molecule has 0 atom stereocenters. The summed E-state index contributed by atoms with van der Waals surface area (Å²) in [6.45, 7) is 5.73. The number of likely N-dealkylation sites (tertiary alicyclic amines) is 1. The van der Waals surface area contributed by atoms with E-state index in [0.29, 0.717) is 0 Å². The minimum atomic E-state index is -0.196. The molecular weight excluding hydrogens is 270 g/mol. The molecule has 1 fully saturated rings. The smallest absolute Gasteiger partial charge is 0.220 e. The van der Waals surface area contributed by atoms with Gasteiger partial charge in [0, 0.05) is 24.7 Å². The number of piperidine rings is 1. The van der Waals surface area contributed by atoms with Crippen molar-refractivity contribution in [2.75, 3.05) is 18.4 Å².